The Labute approximate surface area is 246 Å². The van der Waals surface area contributed by atoms with Crippen LogP contribution in [0.2, 0.25) is 0 Å². The number of rotatable bonds is 4. The lowest BCUT2D eigenvalue weighted by atomic mass is 10.0. The van der Waals surface area contributed by atoms with Gasteiger partial charge in [0.15, 0.2) is 0 Å². The van der Waals surface area contributed by atoms with Crippen LogP contribution in [0.4, 0.5) is 22.7 Å². The average Bonchev–Trinajstić information content (AvgIpc) is 3.52. The van der Waals surface area contributed by atoms with E-state index in [2.05, 4.69) is 0 Å². The van der Waals surface area contributed by atoms with Crippen LogP contribution in [0.25, 0.3) is 66.1 Å². The van der Waals surface area contributed by atoms with Gasteiger partial charge in [-0.2, -0.15) is 0 Å². The van der Waals surface area contributed by atoms with Gasteiger partial charge in [-0.15, -0.1) is 0 Å². The Hall–Kier alpha value is -6.56. The molecule has 0 spiro atoms. The fourth-order valence-electron chi connectivity index (χ4n) is 6.21. The molecule has 0 bridgehead atoms. The first-order valence-corrected chi connectivity index (χ1v) is 13.1. The Balaban J connectivity index is 0.000000142. The summed E-state index contributed by atoms with van der Waals surface area (Å²) in [7, 11) is 0. The number of benzene rings is 6. The molecule has 212 valence electrons. The number of non-ortho nitro benzene ring substituents is 4. The molecule has 6 aromatic carbocycles. The number of fused-ring (bicyclic) bond motifs is 6. The highest BCUT2D eigenvalue weighted by atomic mass is 16.6. The van der Waals surface area contributed by atoms with Crippen LogP contribution < -0.4 is 0 Å². The van der Waals surface area contributed by atoms with Crippen molar-refractivity contribution in [2.45, 2.75) is 0 Å². The van der Waals surface area contributed by atoms with Crippen LogP contribution in [0, 0.1) is 40.5 Å². The Kier molecular flexibility index (Phi) is 5.68. The maximum Gasteiger partial charge on any atom is 0.277 e. The van der Waals surface area contributed by atoms with Crippen molar-refractivity contribution in [1.82, 2.24) is 0 Å². The van der Waals surface area contributed by atoms with Crippen molar-refractivity contribution < 1.29 is 19.7 Å². The molecule has 0 fully saturated rings. The fraction of sp³-hybridized carbons (Fsp3) is 0. The van der Waals surface area contributed by atoms with Crippen molar-refractivity contribution in [3.8, 4) is 44.5 Å². The summed E-state index contributed by atoms with van der Waals surface area (Å²) >= 11 is 0. The molecule has 0 heterocycles. The minimum atomic E-state index is -0.439. The summed E-state index contributed by atoms with van der Waals surface area (Å²) in [5, 5.41) is 47.0. The first-order chi connectivity index (χ1) is 21.2. The van der Waals surface area contributed by atoms with E-state index in [1.807, 2.05) is 12.1 Å². The van der Waals surface area contributed by atoms with E-state index >= 15 is 0 Å². The molecule has 2 aliphatic carbocycles. The summed E-state index contributed by atoms with van der Waals surface area (Å²) < 4.78 is 0. The van der Waals surface area contributed by atoms with Gasteiger partial charge in [0.2, 0.25) is 0 Å². The van der Waals surface area contributed by atoms with Gasteiger partial charge in [-0.25, -0.2) is 0 Å². The first-order valence-electron chi connectivity index (χ1n) is 13.1. The molecule has 2 aliphatic rings. The fourth-order valence-corrected chi connectivity index (χ4v) is 6.21. The summed E-state index contributed by atoms with van der Waals surface area (Å²) in [6, 6.07) is 26.3. The highest BCUT2D eigenvalue weighted by molar-refractivity contribution is 6.18. The molecule has 0 aliphatic heterocycles. The lowest BCUT2D eigenvalue weighted by Gasteiger charge is -2.02. The SMILES string of the molecule is O=[N+]([O-])c1ccc2c(c1)-c1ccc([N+](=O)[O-])c3cccc-2c13.O=[N+]([O-])c1ccc2c(c1)-c1cccc3c([N+](=O)[O-])ccc-2c13. The molecule has 0 unspecified atom stereocenters. The topological polar surface area (TPSA) is 173 Å². The van der Waals surface area contributed by atoms with Crippen molar-refractivity contribution in [1.29, 1.82) is 0 Å². The number of hydrogen-bond acceptors (Lipinski definition) is 8. The molecular formula is C32H16N4O8. The Morgan fingerprint density at radius 3 is 1.14 bits per heavy atom. The Bertz CT molecular complexity index is 2200. The average molecular weight is 585 g/mol. The zero-order chi connectivity index (χ0) is 30.9. The molecule has 0 amide bonds. The normalized spacial score (nSPS) is 11.5. The van der Waals surface area contributed by atoms with E-state index in [0.717, 1.165) is 55.3 Å². The van der Waals surface area contributed by atoms with Gasteiger partial charge < -0.3 is 0 Å². The zero-order valence-electron chi connectivity index (χ0n) is 22.3. The number of nitro groups is 4. The molecule has 8 rings (SSSR count). The third kappa shape index (κ3) is 3.78. The second-order valence-electron chi connectivity index (χ2n) is 10.2. The highest BCUT2D eigenvalue weighted by Gasteiger charge is 2.28. The van der Waals surface area contributed by atoms with Crippen LogP contribution in [0.1, 0.15) is 0 Å². The maximum absolute atomic E-state index is 11.2. The maximum atomic E-state index is 11.2. The molecule has 0 aromatic heterocycles. The molecule has 0 radical (unpaired) electrons. The molecule has 12 nitrogen and oxygen atoms in total. The van der Waals surface area contributed by atoms with Crippen molar-refractivity contribution in [3.63, 3.8) is 0 Å². The Morgan fingerprint density at radius 1 is 0.364 bits per heavy atom. The molecule has 6 aromatic rings. The van der Waals surface area contributed by atoms with Crippen molar-refractivity contribution in [3.05, 3.63) is 138 Å². The summed E-state index contributed by atoms with van der Waals surface area (Å²) in [6.45, 7) is 0. The molecule has 0 saturated heterocycles. The van der Waals surface area contributed by atoms with Crippen LogP contribution in [-0.4, -0.2) is 19.7 Å². The molecule has 44 heavy (non-hydrogen) atoms. The van der Waals surface area contributed by atoms with Gasteiger partial charge in [-0.05, 0) is 80.9 Å². The number of hydrogen-bond donors (Lipinski definition) is 0. The third-order valence-electron chi connectivity index (χ3n) is 8.02. The predicted octanol–water partition coefficient (Wildman–Crippen LogP) is 8.61. The first kappa shape index (κ1) is 26.3. The van der Waals surface area contributed by atoms with E-state index in [-0.39, 0.29) is 22.7 Å². The minimum Gasteiger partial charge on any atom is -0.258 e. The van der Waals surface area contributed by atoms with Crippen LogP contribution in [0.3, 0.4) is 0 Å². The van der Waals surface area contributed by atoms with Gasteiger partial charge in [0.25, 0.3) is 22.7 Å². The van der Waals surface area contributed by atoms with Crippen molar-refractivity contribution in [2.24, 2.45) is 0 Å². The zero-order valence-corrected chi connectivity index (χ0v) is 22.3. The second kappa shape index (κ2) is 9.49. The standard InChI is InChI=1S/2C16H8N2O4/c19-17(20)9-4-5-10-12-6-7-15(18(21)22)13-3-1-2-11(16(12)13)14(10)8-9;19-17(20)9-4-5-10-11-2-1-3-13-15(18(21)22)7-6-12(16(11)13)14(10)8-9/h2*1-8H. The summed E-state index contributed by atoms with van der Waals surface area (Å²) in [4.78, 5) is 42.6. The lowest BCUT2D eigenvalue weighted by Crippen LogP contribution is -1.90. The minimum absolute atomic E-state index is 0.0121. The summed E-state index contributed by atoms with van der Waals surface area (Å²) in [5.74, 6) is 0. The van der Waals surface area contributed by atoms with E-state index in [0.29, 0.717) is 10.8 Å². The van der Waals surface area contributed by atoms with Crippen LogP contribution in [-0.2, 0) is 0 Å². The smallest absolute Gasteiger partial charge is 0.258 e. The van der Waals surface area contributed by atoms with Crippen molar-refractivity contribution in [2.75, 3.05) is 0 Å². The molecule has 12 heteroatoms. The van der Waals surface area contributed by atoms with E-state index in [1.54, 1.807) is 48.5 Å². The number of nitro benzene ring substituents is 4. The molecular weight excluding hydrogens is 568 g/mol. The lowest BCUT2D eigenvalue weighted by molar-refractivity contribution is -0.385. The summed E-state index contributed by atoms with van der Waals surface area (Å²) in [5.41, 5.74) is 6.69. The molecule has 0 saturated carbocycles. The van der Waals surface area contributed by atoms with Gasteiger partial charge >= 0.3 is 0 Å². The van der Waals surface area contributed by atoms with E-state index in [4.69, 9.17) is 0 Å². The second-order valence-corrected chi connectivity index (χ2v) is 10.2. The molecule has 0 N–H and O–H groups in total. The highest BCUT2D eigenvalue weighted by Crippen LogP contribution is 2.51. The van der Waals surface area contributed by atoms with E-state index in [1.165, 1.54) is 36.4 Å². The summed E-state index contributed by atoms with van der Waals surface area (Å²) in [6.07, 6.45) is 0. The van der Waals surface area contributed by atoms with Gasteiger partial charge in [0.05, 0.1) is 30.5 Å². The molecule has 0 atom stereocenters. The van der Waals surface area contributed by atoms with E-state index in [9.17, 15) is 40.5 Å². The van der Waals surface area contributed by atoms with Gasteiger partial charge in [0, 0.05) is 47.2 Å². The number of nitrogens with zero attached hydrogens (tertiary/aromatic N) is 4. The van der Waals surface area contributed by atoms with E-state index < -0.39 is 19.7 Å². The van der Waals surface area contributed by atoms with Crippen LogP contribution in [0.15, 0.2) is 97.1 Å². The van der Waals surface area contributed by atoms with Gasteiger partial charge in [-0.3, -0.25) is 40.5 Å². The van der Waals surface area contributed by atoms with Crippen LogP contribution in [0.5, 0.6) is 0 Å². The Morgan fingerprint density at radius 2 is 0.727 bits per heavy atom. The van der Waals surface area contributed by atoms with Crippen LogP contribution >= 0.6 is 0 Å². The van der Waals surface area contributed by atoms with Gasteiger partial charge in [-0.1, -0.05) is 24.3 Å². The largest absolute Gasteiger partial charge is 0.277 e. The predicted molar refractivity (Wildman–Crippen MR) is 163 cm³/mol. The van der Waals surface area contributed by atoms with Gasteiger partial charge in [0.1, 0.15) is 0 Å². The third-order valence-corrected chi connectivity index (χ3v) is 8.02. The quantitative estimate of drug-likeness (QED) is 0.146. The monoisotopic (exact) mass is 584 g/mol. The van der Waals surface area contributed by atoms with Crippen molar-refractivity contribution >= 4 is 44.3 Å².